The second kappa shape index (κ2) is 6.60. The molecule has 0 unspecified atom stereocenters. The van der Waals surface area contributed by atoms with Crippen molar-refractivity contribution in [1.82, 2.24) is 9.29 Å². The topological polar surface area (TPSA) is 70.5 Å². The van der Waals surface area contributed by atoms with E-state index in [1.54, 1.807) is 12.1 Å². The second-order valence-electron chi connectivity index (χ2n) is 4.22. The van der Waals surface area contributed by atoms with E-state index in [1.807, 2.05) is 30.3 Å². The Morgan fingerprint density at radius 3 is 2.35 bits per heavy atom. The lowest BCUT2D eigenvalue weighted by molar-refractivity contribution is 0.251. The number of rotatable bonds is 6. The van der Waals surface area contributed by atoms with E-state index in [0.29, 0.717) is 0 Å². The molecule has 0 atom stereocenters. The maximum Gasteiger partial charge on any atom is 0.260 e. The normalized spacial score (nSPS) is 11.7. The Morgan fingerprint density at radius 1 is 1.05 bits per heavy atom. The first-order valence-corrected chi connectivity index (χ1v) is 7.64. The third-order valence-corrected chi connectivity index (χ3v) is 4.55. The zero-order valence-corrected chi connectivity index (χ0v) is 11.7. The molecule has 6 heteroatoms. The van der Waals surface area contributed by atoms with Gasteiger partial charge in [0.05, 0.1) is 6.61 Å². The summed E-state index contributed by atoms with van der Waals surface area (Å²) >= 11 is 0. The number of sulfonamides is 1. The van der Waals surface area contributed by atoms with Gasteiger partial charge < -0.3 is 5.11 Å². The summed E-state index contributed by atoms with van der Waals surface area (Å²) in [5.41, 5.74) is 0.862. The van der Waals surface area contributed by atoms with Crippen LogP contribution < -0.4 is 0 Å². The Kier molecular flexibility index (Phi) is 4.84. The van der Waals surface area contributed by atoms with Crippen molar-refractivity contribution < 1.29 is 13.5 Å². The fraction of sp³-hybridized carbons (Fsp3) is 0.214. The van der Waals surface area contributed by atoms with Crippen LogP contribution >= 0.6 is 0 Å². The minimum Gasteiger partial charge on any atom is -0.395 e. The summed E-state index contributed by atoms with van der Waals surface area (Å²) in [6.07, 6.45) is 1.44. The largest absolute Gasteiger partial charge is 0.395 e. The molecule has 1 heterocycles. The molecule has 1 aromatic heterocycles. The first-order chi connectivity index (χ1) is 9.64. The third kappa shape index (κ3) is 3.41. The molecule has 106 valence electrons. The van der Waals surface area contributed by atoms with Gasteiger partial charge in [0, 0.05) is 19.3 Å². The summed E-state index contributed by atoms with van der Waals surface area (Å²) in [6.45, 7) is 0.00695. The standard InChI is InChI=1S/C14H16N2O3S/c17-11-10-16(12-13-6-2-1-3-7-13)20(18,19)14-8-4-5-9-15-14/h1-9,17H,10-12H2. The Balaban J connectivity index is 2.29. The second-order valence-corrected chi connectivity index (χ2v) is 6.10. The summed E-state index contributed by atoms with van der Waals surface area (Å²) in [6, 6.07) is 14.0. The van der Waals surface area contributed by atoms with Crippen molar-refractivity contribution in [2.45, 2.75) is 11.6 Å². The highest BCUT2D eigenvalue weighted by atomic mass is 32.2. The molecule has 20 heavy (non-hydrogen) atoms. The average Bonchev–Trinajstić information content (AvgIpc) is 2.49. The van der Waals surface area contributed by atoms with E-state index < -0.39 is 10.0 Å². The Morgan fingerprint density at radius 2 is 1.75 bits per heavy atom. The Bertz CT molecular complexity index is 630. The van der Waals surface area contributed by atoms with E-state index in [2.05, 4.69) is 4.98 Å². The number of hydrogen-bond donors (Lipinski definition) is 1. The SMILES string of the molecule is O=S(=O)(c1ccccn1)N(CCO)Cc1ccccc1. The number of pyridine rings is 1. The molecule has 1 aromatic carbocycles. The van der Waals surface area contributed by atoms with E-state index in [9.17, 15) is 8.42 Å². The lowest BCUT2D eigenvalue weighted by atomic mass is 10.2. The zero-order chi connectivity index (χ0) is 14.4. The van der Waals surface area contributed by atoms with Crippen molar-refractivity contribution in [1.29, 1.82) is 0 Å². The van der Waals surface area contributed by atoms with Crippen molar-refractivity contribution in [3.05, 3.63) is 60.3 Å². The molecule has 5 nitrogen and oxygen atoms in total. The minimum absolute atomic E-state index is 0.00983. The number of hydrogen-bond acceptors (Lipinski definition) is 4. The first-order valence-electron chi connectivity index (χ1n) is 6.20. The van der Waals surface area contributed by atoms with Crippen LogP contribution in [0.15, 0.2) is 59.8 Å². The summed E-state index contributed by atoms with van der Waals surface area (Å²) in [5, 5.41) is 9.09. The van der Waals surface area contributed by atoms with Crippen LogP contribution in [0, 0.1) is 0 Å². The quantitative estimate of drug-likeness (QED) is 0.870. The molecule has 1 N–H and O–H groups in total. The highest BCUT2D eigenvalue weighted by molar-refractivity contribution is 7.89. The lowest BCUT2D eigenvalue weighted by Crippen LogP contribution is -2.33. The fourth-order valence-electron chi connectivity index (χ4n) is 1.81. The van der Waals surface area contributed by atoms with E-state index in [0.717, 1.165) is 5.56 Å². The molecule has 0 fully saturated rings. The lowest BCUT2D eigenvalue weighted by Gasteiger charge is -2.20. The predicted molar refractivity (Wildman–Crippen MR) is 75.4 cm³/mol. The Hall–Kier alpha value is -1.76. The molecule has 0 radical (unpaired) electrons. The number of aliphatic hydroxyl groups excluding tert-OH is 1. The molecule has 0 aliphatic rings. The summed E-state index contributed by atoms with van der Waals surface area (Å²) < 4.78 is 26.2. The highest BCUT2D eigenvalue weighted by Gasteiger charge is 2.25. The Labute approximate surface area is 118 Å². The fourth-order valence-corrected chi connectivity index (χ4v) is 3.16. The zero-order valence-electron chi connectivity index (χ0n) is 10.9. The minimum atomic E-state index is -3.70. The smallest absolute Gasteiger partial charge is 0.260 e. The average molecular weight is 292 g/mol. The molecule has 0 spiro atoms. The van der Waals surface area contributed by atoms with Crippen molar-refractivity contribution in [3.8, 4) is 0 Å². The molecule has 2 rings (SSSR count). The first kappa shape index (κ1) is 14.6. The van der Waals surface area contributed by atoms with E-state index in [-0.39, 0.29) is 24.7 Å². The molecule has 0 aliphatic carbocycles. The number of aromatic nitrogens is 1. The van der Waals surface area contributed by atoms with Crippen LogP contribution in [0.4, 0.5) is 0 Å². The van der Waals surface area contributed by atoms with Gasteiger partial charge in [0.25, 0.3) is 10.0 Å². The summed E-state index contributed by atoms with van der Waals surface area (Å²) in [5.74, 6) is 0. The molecule has 0 amide bonds. The van der Waals surface area contributed by atoms with Crippen molar-refractivity contribution in [3.63, 3.8) is 0 Å². The van der Waals surface area contributed by atoms with Gasteiger partial charge in [-0.2, -0.15) is 4.31 Å². The number of benzene rings is 1. The van der Waals surface area contributed by atoms with Gasteiger partial charge in [-0.05, 0) is 17.7 Å². The van der Waals surface area contributed by atoms with Gasteiger partial charge in [-0.25, -0.2) is 13.4 Å². The van der Waals surface area contributed by atoms with E-state index >= 15 is 0 Å². The van der Waals surface area contributed by atoms with Crippen LogP contribution in [-0.2, 0) is 16.6 Å². The van der Waals surface area contributed by atoms with Gasteiger partial charge in [-0.1, -0.05) is 36.4 Å². The number of aliphatic hydroxyl groups is 1. The van der Waals surface area contributed by atoms with Gasteiger partial charge in [0.1, 0.15) is 0 Å². The van der Waals surface area contributed by atoms with Crippen molar-refractivity contribution in [2.24, 2.45) is 0 Å². The monoisotopic (exact) mass is 292 g/mol. The van der Waals surface area contributed by atoms with E-state index in [1.165, 1.54) is 16.6 Å². The molecule has 0 saturated heterocycles. The highest BCUT2D eigenvalue weighted by Crippen LogP contribution is 2.15. The number of nitrogens with zero attached hydrogens (tertiary/aromatic N) is 2. The van der Waals surface area contributed by atoms with Gasteiger partial charge in [0.15, 0.2) is 5.03 Å². The maximum absolute atomic E-state index is 12.5. The van der Waals surface area contributed by atoms with Gasteiger partial charge in [-0.3, -0.25) is 0 Å². The van der Waals surface area contributed by atoms with Crippen molar-refractivity contribution in [2.75, 3.05) is 13.2 Å². The van der Waals surface area contributed by atoms with E-state index in [4.69, 9.17) is 5.11 Å². The van der Waals surface area contributed by atoms with Crippen LogP contribution in [-0.4, -0.2) is 36.0 Å². The summed E-state index contributed by atoms with van der Waals surface area (Å²) in [7, 11) is -3.70. The van der Waals surface area contributed by atoms with Crippen LogP contribution in [0.25, 0.3) is 0 Å². The molecular weight excluding hydrogens is 276 g/mol. The molecule has 0 aliphatic heterocycles. The molecule has 0 saturated carbocycles. The molecular formula is C14H16N2O3S. The molecule has 0 bridgehead atoms. The van der Waals surface area contributed by atoms with Gasteiger partial charge in [0.2, 0.25) is 0 Å². The van der Waals surface area contributed by atoms with Gasteiger partial charge in [-0.15, -0.1) is 0 Å². The predicted octanol–water partition coefficient (Wildman–Crippen LogP) is 1.26. The van der Waals surface area contributed by atoms with Crippen LogP contribution in [0.3, 0.4) is 0 Å². The maximum atomic E-state index is 12.5. The van der Waals surface area contributed by atoms with Crippen LogP contribution in [0.2, 0.25) is 0 Å². The van der Waals surface area contributed by atoms with Gasteiger partial charge >= 0.3 is 0 Å². The van der Waals surface area contributed by atoms with Crippen LogP contribution in [0.5, 0.6) is 0 Å². The third-order valence-electron chi connectivity index (χ3n) is 2.79. The van der Waals surface area contributed by atoms with Crippen LogP contribution in [0.1, 0.15) is 5.56 Å². The molecule has 2 aromatic rings. The summed E-state index contributed by atoms with van der Waals surface area (Å²) in [4.78, 5) is 3.88. The van der Waals surface area contributed by atoms with Crippen molar-refractivity contribution >= 4 is 10.0 Å².